The molecule has 0 amide bonds. The van der Waals surface area contributed by atoms with Crippen LogP contribution in [0.1, 0.15) is 30.5 Å². The van der Waals surface area contributed by atoms with E-state index in [1.165, 1.54) is 0 Å². The van der Waals surface area contributed by atoms with E-state index in [2.05, 4.69) is 4.90 Å². The second kappa shape index (κ2) is 8.74. The Kier molecular flexibility index (Phi) is 5.90. The molecule has 2 aliphatic heterocycles. The van der Waals surface area contributed by atoms with E-state index in [0.717, 1.165) is 40.8 Å². The second-order valence-electron chi connectivity index (χ2n) is 6.81. The van der Waals surface area contributed by atoms with E-state index in [1.807, 2.05) is 61.5 Å². The minimum atomic E-state index is -0.314. The van der Waals surface area contributed by atoms with Gasteiger partial charge in [0.1, 0.15) is 5.75 Å². The van der Waals surface area contributed by atoms with Gasteiger partial charge in [-0.15, -0.1) is 0 Å². The minimum absolute atomic E-state index is 0.240. The summed E-state index contributed by atoms with van der Waals surface area (Å²) in [6.45, 7) is 3.01. The zero-order valence-electron chi connectivity index (χ0n) is 16.6. The summed E-state index contributed by atoms with van der Waals surface area (Å²) in [5, 5.41) is 0.962. The number of carbonyl (C=O) groups excluding carboxylic acids is 1. The average Bonchev–Trinajstić information content (AvgIpc) is 2.78. The first-order chi connectivity index (χ1) is 14.2. The molecule has 2 aromatic rings. The lowest BCUT2D eigenvalue weighted by Gasteiger charge is -2.41. The molecular weight excluding hydrogens is 384 g/mol. The number of carbonyl (C=O) groups is 1. The molecule has 2 aromatic carbocycles. The number of esters is 1. The van der Waals surface area contributed by atoms with Crippen molar-refractivity contribution < 1.29 is 14.3 Å². The molecule has 29 heavy (non-hydrogen) atoms. The van der Waals surface area contributed by atoms with Crippen molar-refractivity contribution in [1.29, 1.82) is 0 Å². The lowest BCUT2D eigenvalue weighted by molar-refractivity contribution is -0.139. The van der Waals surface area contributed by atoms with Crippen LogP contribution < -0.4 is 4.74 Å². The molecule has 5 nitrogen and oxygen atoms in total. The molecule has 4 rings (SSSR count). The van der Waals surface area contributed by atoms with Crippen molar-refractivity contribution in [2.45, 2.75) is 19.4 Å². The van der Waals surface area contributed by atoms with E-state index >= 15 is 0 Å². The van der Waals surface area contributed by atoms with E-state index in [4.69, 9.17) is 14.5 Å². The highest BCUT2D eigenvalue weighted by Crippen LogP contribution is 2.43. The van der Waals surface area contributed by atoms with Gasteiger partial charge in [-0.3, -0.25) is 0 Å². The van der Waals surface area contributed by atoms with Gasteiger partial charge in [-0.25, -0.2) is 9.79 Å². The molecule has 0 bridgehead atoms. The summed E-state index contributed by atoms with van der Waals surface area (Å²) in [4.78, 5) is 20.3. The van der Waals surface area contributed by atoms with E-state index in [-0.39, 0.29) is 12.0 Å². The van der Waals surface area contributed by atoms with Crippen molar-refractivity contribution in [2.75, 3.05) is 26.0 Å². The number of nitrogens with zero attached hydrogens (tertiary/aromatic N) is 2. The number of fused-ring (bicyclic) bond motifs is 1. The van der Waals surface area contributed by atoms with Gasteiger partial charge in [-0.05, 0) is 31.0 Å². The number of ether oxygens (including phenoxy) is 2. The Morgan fingerprint density at radius 2 is 1.93 bits per heavy atom. The fourth-order valence-corrected chi connectivity index (χ4v) is 4.69. The predicted octanol–water partition coefficient (Wildman–Crippen LogP) is 4.52. The number of amidine groups is 1. The van der Waals surface area contributed by atoms with Gasteiger partial charge < -0.3 is 14.4 Å². The fourth-order valence-electron chi connectivity index (χ4n) is 3.72. The molecule has 0 spiro atoms. The van der Waals surface area contributed by atoms with E-state index in [0.29, 0.717) is 17.9 Å². The van der Waals surface area contributed by atoms with Gasteiger partial charge >= 0.3 is 5.97 Å². The van der Waals surface area contributed by atoms with Crippen LogP contribution >= 0.6 is 11.8 Å². The zero-order valence-corrected chi connectivity index (χ0v) is 17.4. The van der Waals surface area contributed by atoms with Crippen LogP contribution in [-0.4, -0.2) is 42.1 Å². The maximum atomic E-state index is 13.2. The number of rotatable bonds is 5. The Balaban J connectivity index is 1.91. The predicted molar refractivity (Wildman–Crippen MR) is 117 cm³/mol. The van der Waals surface area contributed by atoms with E-state index in [1.54, 1.807) is 18.9 Å². The summed E-state index contributed by atoms with van der Waals surface area (Å²) in [6.07, 6.45) is 1.05. The largest absolute Gasteiger partial charge is 0.497 e. The van der Waals surface area contributed by atoms with Crippen LogP contribution in [0.15, 0.2) is 65.2 Å². The molecule has 150 valence electrons. The Hall–Kier alpha value is -2.73. The number of methoxy groups -OCH3 is 1. The summed E-state index contributed by atoms with van der Waals surface area (Å²) in [5.74, 6) is 1.50. The fraction of sp³-hybridized carbons (Fsp3) is 0.304. The molecule has 0 aliphatic carbocycles. The molecule has 2 aliphatic rings. The molecule has 0 N–H and O–H groups in total. The van der Waals surface area contributed by atoms with Crippen LogP contribution in [-0.2, 0) is 9.53 Å². The van der Waals surface area contributed by atoms with Crippen molar-refractivity contribution in [1.82, 2.24) is 4.90 Å². The van der Waals surface area contributed by atoms with Gasteiger partial charge in [0.15, 0.2) is 5.17 Å². The molecule has 2 heterocycles. The minimum Gasteiger partial charge on any atom is -0.497 e. The molecule has 1 atom stereocenters. The highest BCUT2D eigenvalue weighted by Gasteiger charge is 2.39. The van der Waals surface area contributed by atoms with Crippen LogP contribution in [0.3, 0.4) is 0 Å². The normalized spacial score (nSPS) is 18.8. The summed E-state index contributed by atoms with van der Waals surface area (Å²) >= 11 is 1.74. The molecule has 6 heteroatoms. The molecule has 0 unspecified atom stereocenters. The van der Waals surface area contributed by atoms with Crippen LogP contribution in [0, 0.1) is 0 Å². The van der Waals surface area contributed by atoms with Gasteiger partial charge in [0.25, 0.3) is 0 Å². The summed E-state index contributed by atoms with van der Waals surface area (Å²) in [5.41, 5.74) is 3.24. The number of hydrogen-bond donors (Lipinski definition) is 0. The van der Waals surface area contributed by atoms with Crippen LogP contribution in [0.5, 0.6) is 5.75 Å². The third kappa shape index (κ3) is 3.90. The van der Waals surface area contributed by atoms with Gasteiger partial charge in [-0.1, -0.05) is 54.2 Å². The van der Waals surface area contributed by atoms with Gasteiger partial charge in [0.05, 0.1) is 31.0 Å². The number of hydrogen-bond acceptors (Lipinski definition) is 6. The zero-order chi connectivity index (χ0) is 20.2. The number of benzene rings is 2. The first kappa shape index (κ1) is 19.6. The van der Waals surface area contributed by atoms with Gasteiger partial charge in [0.2, 0.25) is 0 Å². The maximum Gasteiger partial charge on any atom is 0.338 e. The third-order valence-electron chi connectivity index (χ3n) is 5.04. The number of aliphatic imine (C=N–C) groups is 1. The van der Waals surface area contributed by atoms with Crippen molar-refractivity contribution in [3.05, 3.63) is 71.3 Å². The molecule has 0 saturated carbocycles. The quantitative estimate of drug-likeness (QED) is 0.681. The number of thioether (sulfide) groups is 1. The lowest BCUT2D eigenvalue weighted by atomic mass is 9.91. The third-order valence-corrected chi connectivity index (χ3v) is 6.12. The highest BCUT2D eigenvalue weighted by atomic mass is 32.2. The summed E-state index contributed by atoms with van der Waals surface area (Å²) < 4.78 is 10.8. The lowest BCUT2D eigenvalue weighted by Crippen LogP contribution is -2.42. The van der Waals surface area contributed by atoms with Crippen LogP contribution in [0.4, 0.5) is 0 Å². The van der Waals surface area contributed by atoms with Crippen molar-refractivity contribution in [3.8, 4) is 5.75 Å². The van der Waals surface area contributed by atoms with E-state index < -0.39 is 0 Å². The van der Waals surface area contributed by atoms with Crippen LogP contribution in [0.25, 0.3) is 5.70 Å². The molecule has 0 radical (unpaired) electrons. The molecule has 1 saturated heterocycles. The summed E-state index contributed by atoms with van der Waals surface area (Å²) in [6, 6.07) is 17.6. The Morgan fingerprint density at radius 3 is 2.62 bits per heavy atom. The monoisotopic (exact) mass is 408 g/mol. The van der Waals surface area contributed by atoms with Crippen LogP contribution in [0.2, 0.25) is 0 Å². The van der Waals surface area contributed by atoms with E-state index in [9.17, 15) is 4.79 Å². The SMILES string of the molecule is CCOC(=O)C1=C(c2ccccc2)N=C2SCCCN2[C@@H]1c1ccc(OC)cc1. The summed E-state index contributed by atoms with van der Waals surface area (Å²) in [7, 11) is 1.65. The topological polar surface area (TPSA) is 51.1 Å². The van der Waals surface area contributed by atoms with Crippen molar-refractivity contribution in [3.63, 3.8) is 0 Å². The Labute approximate surface area is 175 Å². The van der Waals surface area contributed by atoms with Crippen molar-refractivity contribution >= 4 is 28.6 Å². The van der Waals surface area contributed by atoms with Gasteiger partial charge in [0, 0.05) is 17.9 Å². The standard InChI is InChI=1S/C23H24N2O3S/c1-3-28-22(26)19-20(16-8-5-4-6-9-16)24-23-25(14-7-15-29-23)21(19)17-10-12-18(27-2)13-11-17/h4-6,8-13,21H,3,7,14-15H2,1-2H3/t21-/m1/s1. The highest BCUT2D eigenvalue weighted by molar-refractivity contribution is 8.13. The van der Waals surface area contributed by atoms with Crippen molar-refractivity contribution in [2.24, 2.45) is 4.99 Å². The maximum absolute atomic E-state index is 13.2. The second-order valence-corrected chi connectivity index (χ2v) is 7.88. The molecule has 1 fully saturated rings. The first-order valence-corrected chi connectivity index (χ1v) is 10.8. The first-order valence-electron chi connectivity index (χ1n) is 9.81. The molecular formula is C23H24N2O3S. The average molecular weight is 409 g/mol. The Bertz CT molecular complexity index is 938. The molecule has 0 aromatic heterocycles. The van der Waals surface area contributed by atoms with Gasteiger partial charge in [-0.2, -0.15) is 0 Å². The Morgan fingerprint density at radius 1 is 1.17 bits per heavy atom. The smallest absolute Gasteiger partial charge is 0.338 e.